The van der Waals surface area contributed by atoms with Crippen LogP contribution in [0.5, 0.6) is 0 Å². The van der Waals surface area contributed by atoms with E-state index >= 15 is 0 Å². The number of aryl methyl sites for hydroxylation is 1. The van der Waals surface area contributed by atoms with Crippen LogP contribution in [0.25, 0.3) is 0 Å². The number of carbonyl (C=O) groups is 1. The summed E-state index contributed by atoms with van der Waals surface area (Å²) in [5, 5.41) is 6.27. The van der Waals surface area contributed by atoms with Gasteiger partial charge < -0.3 is 20.3 Å². The van der Waals surface area contributed by atoms with E-state index in [4.69, 9.17) is 4.74 Å². The van der Waals surface area contributed by atoms with Gasteiger partial charge in [-0.1, -0.05) is 18.2 Å². The Morgan fingerprint density at radius 2 is 2.30 bits per heavy atom. The number of benzene rings is 1. The van der Waals surface area contributed by atoms with Crippen LogP contribution < -0.4 is 15.5 Å². The van der Waals surface area contributed by atoms with E-state index in [1.165, 1.54) is 24.1 Å². The molecule has 1 amide bonds. The second kappa shape index (κ2) is 8.31. The number of anilines is 1. The van der Waals surface area contributed by atoms with Crippen molar-refractivity contribution in [1.82, 2.24) is 10.6 Å². The van der Waals surface area contributed by atoms with Crippen molar-refractivity contribution < 1.29 is 9.53 Å². The van der Waals surface area contributed by atoms with Crippen LogP contribution in [0.1, 0.15) is 24.8 Å². The molecule has 0 saturated carbocycles. The zero-order valence-electron chi connectivity index (χ0n) is 13.7. The van der Waals surface area contributed by atoms with Gasteiger partial charge in [0.05, 0.1) is 19.1 Å². The van der Waals surface area contributed by atoms with Gasteiger partial charge in [-0.2, -0.15) is 0 Å². The van der Waals surface area contributed by atoms with Crippen LogP contribution in [-0.2, 0) is 16.0 Å². The van der Waals surface area contributed by atoms with Crippen molar-refractivity contribution in [2.24, 2.45) is 0 Å². The highest BCUT2D eigenvalue weighted by Crippen LogP contribution is 2.26. The molecule has 0 aromatic heterocycles. The van der Waals surface area contributed by atoms with Crippen molar-refractivity contribution in [2.45, 2.75) is 31.8 Å². The number of carbonyl (C=O) groups excluding carboxylic acids is 1. The number of para-hydroxylation sites is 1. The number of amides is 1. The Hall–Kier alpha value is -1.59. The number of hydrogen-bond acceptors (Lipinski definition) is 4. The van der Waals surface area contributed by atoms with Gasteiger partial charge in [-0.25, -0.2) is 0 Å². The molecule has 0 radical (unpaired) electrons. The zero-order valence-corrected chi connectivity index (χ0v) is 13.7. The van der Waals surface area contributed by atoms with E-state index < -0.39 is 0 Å². The average Bonchev–Trinajstić information content (AvgIpc) is 2.60. The number of nitrogens with one attached hydrogen (secondary N) is 2. The largest absolute Gasteiger partial charge is 0.375 e. The summed E-state index contributed by atoms with van der Waals surface area (Å²) >= 11 is 0. The Morgan fingerprint density at radius 3 is 3.17 bits per heavy atom. The number of morpholine rings is 1. The molecule has 1 atom stereocenters. The highest BCUT2D eigenvalue weighted by molar-refractivity contribution is 5.76. The number of nitrogens with zero attached hydrogens (tertiary/aromatic N) is 1. The lowest BCUT2D eigenvalue weighted by atomic mass is 10.0. The van der Waals surface area contributed by atoms with E-state index in [0.29, 0.717) is 13.0 Å². The van der Waals surface area contributed by atoms with Crippen molar-refractivity contribution in [1.29, 1.82) is 0 Å². The van der Waals surface area contributed by atoms with Gasteiger partial charge in [0.2, 0.25) is 5.91 Å². The first kappa shape index (κ1) is 16.3. The quantitative estimate of drug-likeness (QED) is 0.777. The predicted molar refractivity (Wildman–Crippen MR) is 91.8 cm³/mol. The molecule has 2 aliphatic rings. The number of rotatable bonds is 6. The lowest BCUT2D eigenvalue weighted by Crippen LogP contribution is -2.41. The van der Waals surface area contributed by atoms with Gasteiger partial charge >= 0.3 is 0 Å². The van der Waals surface area contributed by atoms with E-state index in [2.05, 4.69) is 39.8 Å². The second-order valence-electron chi connectivity index (χ2n) is 6.32. The summed E-state index contributed by atoms with van der Waals surface area (Å²) in [6.07, 6.45) is 3.86. The van der Waals surface area contributed by atoms with Crippen LogP contribution in [0, 0.1) is 0 Å². The van der Waals surface area contributed by atoms with Gasteiger partial charge in [0, 0.05) is 38.4 Å². The van der Waals surface area contributed by atoms with E-state index in [1.54, 1.807) is 0 Å². The molecule has 2 N–H and O–H groups in total. The molecule has 1 fully saturated rings. The Bertz CT molecular complexity index is 515. The third-order valence-electron chi connectivity index (χ3n) is 4.55. The molecule has 0 unspecified atom stereocenters. The summed E-state index contributed by atoms with van der Waals surface area (Å²) in [5.74, 6) is 0.0951. The number of ether oxygens (including phenoxy) is 1. The minimum Gasteiger partial charge on any atom is -0.375 e. The predicted octanol–water partition coefficient (Wildman–Crippen LogP) is 1.32. The van der Waals surface area contributed by atoms with Crippen molar-refractivity contribution in [3.63, 3.8) is 0 Å². The lowest BCUT2D eigenvalue weighted by Gasteiger charge is -2.31. The highest BCUT2D eigenvalue weighted by atomic mass is 16.5. The second-order valence-corrected chi connectivity index (χ2v) is 6.32. The standard InChI is InChI=1S/C18H27N3O2/c22-18(13-16-14-19-9-12-23-16)20-8-4-11-21-10-3-6-15-5-1-2-7-17(15)21/h1-2,5,7,16,19H,3-4,6,8-14H2,(H,20,22)/t16-/m0/s1. The summed E-state index contributed by atoms with van der Waals surface area (Å²) < 4.78 is 5.56. The normalized spacial score (nSPS) is 20.9. The van der Waals surface area contributed by atoms with E-state index in [0.717, 1.165) is 39.1 Å². The lowest BCUT2D eigenvalue weighted by molar-refractivity contribution is -0.124. The molecule has 3 rings (SSSR count). The van der Waals surface area contributed by atoms with Crippen LogP contribution >= 0.6 is 0 Å². The molecule has 1 aromatic rings. The minimum absolute atomic E-state index is 0.0257. The van der Waals surface area contributed by atoms with Gasteiger partial charge in [-0.05, 0) is 30.9 Å². The number of hydrogen-bond donors (Lipinski definition) is 2. The molecule has 5 nitrogen and oxygen atoms in total. The molecule has 2 aliphatic heterocycles. The van der Waals surface area contributed by atoms with Gasteiger partial charge in [-0.15, -0.1) is 0 Å². The summed E-state index contributed by atoms with van der Waals surface area (Å²) in [4.78, 5) is 14.4. The average molecular weight is 317 g/mol. The summed E-state index contributed by atoms with van der Waals surface area (Å²) in [7, 11) is 0. The molecule has 2 heterocycles. The molecule has 23 heavy (non-hydrogen) atoms. The molecule has 1 aromatic carbocycles. The van der Waals surface area contributed by atoms with E-state index in [9.17, 15) is 4.79 Å². The minimum atomic E-state index is 0.0257. The first-order valence-corrected chi connectivity index (χ1v) is 8.75. The Balaban J connectivity index is 1.36. The molecule has 1 saturated heterocycles. The number of fused-ring (bicyclic) bond motifs is 1. The first-order chi connectivity index (χ1) is 11.3. The van der Waals surface area contributed by atoms with Crippen molar-refractivity contribution >= 4 is 11.6 Å². The maximum absolute atomic E-state index is 11.9. The van der Waals surface area contributed by atoms with Gasteiger partial charge in [-0.3, -0.25) is 4.79 Å². The molecule has 0 spiro atoms. The van der Waals surface area contributed by atoms with Crippen LogP contribution in [0.4, 0.5) is 5.69 Å². The van der Waals surface area contributed by atoms with Crippen molar-refractivity contribution in [3.8, 4) is 0 Å². The molecule has 0 bridgehead atoms. The third kappa shape index (κ3) is 4.69. The molecule has 5 heteroatoms. The fraction of sp³-hybridized carbons (Fsp3) is 0.611. The Morgan fingerprint density at radius 1 is 1.39 bits per heavy atom. The van der Waals surface area contributed by atoms with Crippen LogP contribution in [0.15, 0.2) is 24.3 Å². The summed E-state index contributed by atoms with van der Waals surface area (Å²) in [6, 6.07) is 8.66. The zero-order chi connectivity index (χ0) is 15.9. The van der Waals surface area contributed by atoms with Crippen molar-refractivity contribution in [2.75, 3.05) is 44.2 Å². The Labute approximate surface area is 138 Å². The monoisotopic (exact) mass is 317 g/mol. The smallest absolute Gasteiger partial charge is 0.222 e. The molecular weight excluding hydrogens is 290 g/mol. The Kier molecular flexibility index (Phi) is 5.88. The topological polar surface area (TPSA) is 53.6 Å². The van der Waals surface area contributed by atoms with Gasteiger partial charge in [0.1, 0.15) is 0 Å². The molecule has 126 valence electrons. The fourth-order valence-corrected chi connectivity index (χ4v) is 3.37. The maximum Gasteiger partial charge on any atom is 0.222 e. The first-order valence-electron chi connectivity index (χ1n) is 8.75. The van der Waals surface area contributed by atoms with Crippen LogP contribution in [-0.4, -0.2) is 51.3 Å². The van der Waals surface area contributed by atoms with Gasteiger partial charge in [0.25, 0.3) is 0 Å². The SMILES string of the molecule is O=C(C[C@H]1CNCCO1)NCCCN1CCCc2ccccc21. The van der Waals surface area contributed by atoms with E-state index in [-0.39, 0.29) is 12.0 Å². The van der Waals surface area contributed by atoms with Crippen molar-refractivity contribution in [3.05, 3.63) is 29.8 Å². The van der Waals surface area contributed by atoms with Crippen LogP contribution in [0.3, 0.4) is 0 Å². The fourth-order valence-electron chi connectivity index (χ4n) is 3.37. The third-order valence-corrected chi connectivity index (χ3v) is 4.55. The van der Waals surface area contributed by atoms with Gasteiger partial charge in [0.15, 0.2) is 0 Å². The summed E-state index contributed by atoms with van der Waals surface area (Å²) in [6.45, 7) is 5.21. The maximum atomic E-state index is 11.9. The van der Waals surface area contributed by atoms with Crippen LogP contribution in [0.2, 0.25) is 0 Å². The highest BCUT2D eigenvalue weighted by Gasteiger charge is 2.18. The summed E-state index contributed by atoms with van der Waals surface area (Å²) in [5.41, 5.74) is 2.82. The molecule has 0 aliphatic carbocycles. The molecular formula is C18H27N3O2. The van der Waals surface area contributed by atoms with E-state index in [1.807, 2.05) is 0 Å².